The average Bonchev–Trinajstić information content (AvgIpc) is 3.00. The van der Waals surface area contributed by atoms with Crippen LogP contribution in [0.15, 0.2) is 24.3 Å². The Labute approximate surface area is 123 Å². The van der Waals surface area contributed by atoms with Gasteiger partial charge in [-0.2, -0.15) is 0 Å². The molecule has 4 unspecified atom stereocenters. The number of anilines is 1. The van der Waals surface area contributed by atoms with Crippen molar-refractivity contribution < 1.29 is 0 Å². The van der Waals surface area contributed by atoms with Gasteiger partial charge in [-0.3, -0.25) is 0 Å². The van der Waals surface area contributed by atoms with Crippen molar-refractivity contribution in [3.05, 3.63) is 29.8 Å². The molecule has 1 aromatic rings. The fourth-order valence-electron chi connectivity index (χ4n) is 4.45. The summed E-state index contributed by atoms with van der Waals surface area (Å²) in [6, 6.07) is 9.00. The van der Waals surface area contributed by atoms with Crippen LogP contribution in [-0.2, 0) is 6.42 Å². The van der Waals surface area contributed by atoms with E-state index in [2.05, 4.69) is 43.1 Å². The molecule has 1 aromatic carbocycles. The minimum Gasteiger partial charge on any atom is -0.374 e. The Kier molecular flexibility index (Phi) is 4.02. The van der Waals surface area contributed by atoms with Gasteiger partial charge in [0.05, 0.1) is 0 Å². The van der Waals surface area contributed by atoms with E-state index < -0.39 is 0 Å². The Morgan fingerprint density at radius 2 is 2.05 bits per heavy atom. The van der Waals surface area contributed by atoms with Gasteiger partial charge in [-0.1, -0.05) is 24.6 Å². The topological polar surface area (TPSA) is 29.3 Å². The van der Waals surface area contributed by atoms with Crippen molar-refractivity contribution in [2.75, 3.05) is 18.5 Å². The van der Waals surface area contributed by atoms with Crippen LogP contribution >= 0.6 is 0 Å². The number of fused-ring (bicyclic) bond motifs is 2. The van der Waals surface area contributed by atoms with Crippen LogP contribution in [0.5, 0.6) is 0 Å². The summed E-state index contributed by atoms with van der Waals surface area (Å²) >= 11 is 0. The summed E-state index contributed by atoms with van der Waals surface area (Å²) in [7, 11) is 2.26. The van der Waals surface area contributed by atoms with Gasteiger partial charge in [0, 0.05) is 25.3 Å². The van der Waals surface area contributed by atoms with Crippen molar-refractivity contribution >= 4 is 5.69 Å². The fraction of sp³-hybridized carbons (Fsp3) is 0.667. The van der Waals surface area contributed by atoms with Crippen LogP contribution in [0.1, 0.15) is 38.2 Å². The maximum Gasteiger partial charge on any atom is 0.0396 e. The molecule has 2 nitrogen and oxygen atoms in total. The number of para-hydroxylation sites is 1. The summed E-state index contributed by atoms with van der Waals surface area (Å²) in [5.74, 6) is 2.96. The first-order valence-corrected chi connectivity index (χ1v) is 8.18. The molecule has 0 amide bonds. The van der Waals surface area contributed by atoms with Gasteiger partial charge in [0.2, 0.25) is 0 Å². The quantitative estimate of drug-likeness (QED) is 0.889. The number of nitrogens with zero attached hydrogens (tertiary/aromatic N) is 1. The molecular formula is C18H28N2. The maximum atomic E-state index is 5.99. The smallest absolute Gasteiger partial charge is 0.0396 e. The van der Waals surface area contributed by atoms with Gasteiger partial charge in [0.15, 0.2) is 0 Å². The fourth-order valence-corrected chi connectivity index (χ4v) is 4.45. The highest BCUT2D eigenvalue weighted by molar-refractivity contribution is 5.53. The molecule has 110 valence electrons. The molecule has 3 rings (SSSR count). The van der Waals surface area contributed by atoms with E-state index in [9.17, 15) is 0 Å². The maximum absolute atomic E-state index is 5.99. The van der Waals surface area contributed by atoms with Gasteiger partial charge in [0.1, 0.15) is 0 Å². The lowest BCUT2D eigenvalue weighted by Crippen LogP contribution is -2.30. The van der Waals surface area contributed by atoms with Crippen molar-refractivity contribution in [1.29, 1.82) is 0 Å². The van der Waals surface area contributed by atoms with E-state index in [-0.39, 0.29) is 6.04 Å². The SMILES string of the molecule is CC(N)Cc1ccccc1N(C)CC1CC2CCC1C2. The number of hydrogen-bond donors (Lipinski definition) is 1. The van der Waals surface area contributed by atoms with Crippen molar-refractivity contribution in [2.45, 2.75) is 45.1 Å². The Morgan fingerprint density at radius 1 is 1.25 bits per heavy atom. The summed E-state index contributed by atoms with van der Waals surface area (Å²) in [5, 5.41) is 0. The van der Waals surface area contributed by atoms with E-state index in [0.29, 0.717) is 0 Å². The molecule has 2 aliphatic carbocycles. The molecule has 4 atom stereocenters. The molecule has 2 fully saturated rings. The monoisotopic (exact) mass is 272 g/mol. The third-order valence-electron chi connectivity index (χ3n) is 5.34. The third kappa shape index (κ3) is 2.85. The van der Waals surface area contributed by atoms with E-state index in [1.807, 2.05) is 0 Å². The van der Waals surface area contributed by atoms with Crippen molar-refractivity contribution in [3.8, 4) is 0 Å². The molecule has 20 heavy (non-hydrogen) atoms. The molecule has 0 spiro atoms. The first kappa shape index (κ1) is 13.9. The van der Waals surface area contributed by atoms with Gasteiger partial charge in [-0.05, 0) is 62.0 Å². The molecule has 2 N–H and O–H groups in total. The minimum absolute atomic E-state index is 0.229. The zero-order valence-corrected chi connectivity index (χ0v) is 12.9. The molecule has 0 radical (unpaired) electrons. The van der Waals surface area contributed by atoms with Crippen molar-refractivity contribution in [3.63, 3.8) is 0 Å². The van der Waals surface area contributed by atoms with Gasteiger partial charge in [0.25, 0.3) is 0 Å². The normalized spacial score (nSPS) is 29.6. The molecule has 0 aromatic heterocycles. The largest absolute Gasteiger partial charge is 0.374 e. The van der Waals surface area contributed by atoms with Crippen LogP contribution in [0, 0.1) is 17.8 Å². The van der Waals surface area contributed by atoms with Crippen LogP contribution in [-0.4, -0.2) is 19.6 Å². The minimum atomic E-state index is 0.229. The third-order valence-corrected chi connectivity index (χ3v) is 5.34. The standard InChI is InChI=1S/C18H28N2/c1-13(19)9-16-5-3-4-6-18(16)20(2)12-17-11-14-7-8-15(17)10-14/h3-6,13-15,17H,7-12,19H2,1-2H3. The van der Waals surface area contributed by atoms with Gasteiger partial charge >= 0.3 is 0 Å². The highest BCUT2D eigenvalue weighted by Gasteiger charge is 2.39. The van der Waals surface area contributed by atoms with E-state index in [1.165, 1.54) is 43.5 Å². The predicted molar refractivity (Wildman–Crippen MR) is 86.0 cm³/mol. The second-order valence-electron chi connectivity index (χ2n) is 7.13. The lowest BCUT2D eigenvalue weighted by molar-refractivity contribution is 0.337. The molecule has 2 heteroatoms. The number of hydrogen-bond acceptors (Lipinski definition) is 2. The van der Waals surface area contributed by atoms with Gasteiger partial charge in [-0.15, -0.1) is 0 Å². The van der Waals surface area contributed by atoms with Gasteiger partial charge in [-0.25, -0.2) is 0 Å². The van der Waals surface area contributed by atoms with Gasteiger partial charge < -0.3 is 10.6 Å². The van der Waals surface area contributed by atoms with E-state index in [1.54, 1.807) is 0 Å². The van der Waals surface area contributed by atoms with E-state index in [0.717, 1.165) is 24.2 Å². The molecule has 0 saturated heterocycles. The molecule has 0 heterocycles. The second-order valence-corrected chi connectivity index (χ2v) is 7.13. The molecular weight excluding hydrogens is 244 g/mol. The zero-order chi connectivity index (χ0) is 14.1. The van der Waals surface area contributed by atoms with Crippen LogP contribution in [0.3, 0.4) is 0 Å². The summed E-state index contributed by atoms with van der Waals surface area (Å²) in [5.41, 5.74) is 8.77. The van der Waals surface area contributed by atoms with E-state index >= 15 is 0 Å². The van der Waals surface area contributed by atoms with Crippen LogP contribution in [0.2, 0.25) is 0 Å². The first-order chi connectivity index (χ1) is 9.63. The second kappa shape index (κ2) is 5.77. The van der Waals surface area contributed by atoms with Crippen LogP contribution in [0.4, 0.5) is 5.69 Å². The Hall–Kier alpha value is -1.02. The number of rotatable bonds is 5. The summed E-state index contributed by atoms with van der Waals surface area (Å²) in [4.78, 5) is 2.48. The first-order valence-electron chi connectivity index (χ1n) is 8.18. The van der Waals surface area contributed by atoms with E-state index in [4.69, 9.17) is 5.73 Å². The lowest BCUT2D eigenvalue weighted by Gasteiger charge is -2.30. The summed E-state index contributed by atoms with van der Waals surface area (Å²) in [6.07, 6.45) is 6.90. The Balaban J connectivity index is 1.69. The zero-order valence-electron chi connectivity index (χ0n) is 12.9. The number of nitrogens with two attached hydrogens (primary N) is 1. The molecule has 2 aliphatic rings. The van der Waals surface area contributed by atoms with Crippen LogP contribution < -0.4 is 10.6 Å². The average molecular weight is 272 g/mol. The molecule has 2 saturated carbocycles. The van der Waals surface area contributed by atoms with Crippen molar-refractivity contribution in [1.82, 2.24) is 0 Å². The summed E-state index contributed by atoms with van der Waals surface area (Å²) < 4.78 is 0. The Morgan fingerprint density at radius 3 is 2.70 bits per heavy atom. The van der Waals surface area contributed by atoms with Crippen LogP contribution in [0.25, 0.3) is 0 Å². The Bertz CT molecular complexity index is 454. The van der Waals surface area contributed by atoms with Crippen molar-refractivity contribution in [2.24, 2.45) is 23.5 Å². The molecule has 0 aliphatic heterocycles. The highest BCUT2D eigenvalue weighted by Crippen LogP contribution is 2.48. The lowest BCUT2D eigenvalue weighted by atomic mass is 9.88. The predicted octanol–water partition coefficient (Wildman–Crippen LogP) is 3.45. The molecule has 2 bridgehead atoms. The summed E-state index contributed by atoms with van der Waals surface area (Å²) in [6.45, 7) is 3.31. The number of benzene rings is 1. The highest BCUT2D eigenvalue weighted by atomic mass is 15.1.